The zero-order valence-corrected chi connectivity index (χ0v) is 14.9. The van der Waals surface area contributed by atoms with Crippen LogP contribution in [0.1, 0.15) is 64.5 Å². The van der Waals surface area contributed by atoms with Crippen molar-refractivity contribution < 1.29 is 0 Å². The highest BCUT2D eigenvalue weighted by molar-refractivity contribution is 5.27. The van der Waals surface area contributed by atoms with Gasteiger partial charge in [0.05, 0.1) is 0 Å². The minimum absolute atomic E-state index is 0.247. The van der Waals surface area contributed by atoms with E-state index in [4.69, 9.17) is 5.73 Å². The Bertz CT molecular complexity index is 434. The molecule has 1 atom stereocenters. The lowest BCUT2D eigenvalue weighted by Gasteiger charge is -2.32. The quantitative estimate of drug-likeness (QED) is 0.877. The molecule has 0 spiro atoms. The van der Waals surface area contributed by atoms with E-state index in [0.717, 1.165) is 12.5 Å². The van der Waals surface area contributed by atoms with Crippen molar-refractivity contribution >= 4 is 0 Å². The van der Waals surface area contributed by atoms with Gasteiger partial charge >= 0.3 is 0 Å². The number of nitrogens with two attached hydrogens (primary N) is 1. The molecule has 0 saturated carbocycles. The summed E-state index contributed by atoms with van der Waals surface area (Å²) >= 11 is 0. The highest BCUT2D eigenvalue weighted by Gasteiger charge is 2.19. The summed E-state index contributed by atoms with van der Waals surface area (Å²) in [7, 11) is 0. The van der Waals surface area contributed by atoms with Gasteiger partial charge in [0, 0.05) is 12.6 Å². The van der Waals surface area contributed by atoms with Crippen LogP contribution in [0.5, 0.6) is 0 Å². The summed E-state index contributed by atoms with van der Waals surface area (Å²) < 4.78 is 0. The van der Waals surface area contributed by atoms with Gasteiger partial charge in [-0.2, -0.15) is 0 Å². The number of hydrogen-bond acceptors (Lipinski definition) is 2. The minimum Gasteiger partial charge on any atom is -0.328 e. The Balaban J connectivity index is 1.78. The third kappa shape index (κ3) is 5.40. The van der Waals surface area contributed by atoms with Crippen LogP contribution in [0.15, 0.2) is 24.3 Å². The number of piperidine rings is 1. The Kier molecular flexibility index (Phi) is 6.05. The molecule has 0 bridgehead atoms. The second-order valence-corrected chi connectivity index (χ2v) is 8.22. The van der Waals surface area contributed by atoms with Gasteiger partial charge in [0.15, 0.2) is 0 Å². The zero-order chi connectivity index (χ0) is 16.2. The van der Waals surface area contributed by atoms with E-state index in [1.165, 1.54) is 49.9 Å². The monoisotopic (exact) mass is 302 g/mol. The van der Waals surface area contributed by atoms with Crippen LogP contribution in [0.3, 0.4) is 0 Å². The molecule has 124 valence electrons. The molecule has 0 aliphatic carbocycles. The van der Waals surface area contributed by atoms with Gasteiger partial charge < -0.3 is 5.73 Å². The molecule has 1 saturated heterocycles. The van der Waals surface area contributed by atoms with Crippen molar-refractivity contribution in [3.8, 4) is 0 Å². The lowest BCUT2D eigenvalue weighted by atomic mass is 9.86. The largest absolute Gasteiger partial charge is 0.328 e. The molecule has 1 heterocycles. The standard InChI is InChI=1S/C20H34N2/c1-16(21)5-6-17-11-13-22(14-12-17)15-18-7-9-19(10-8-18)20(2,3)4/h7-10,16-17H,5-6,11-15,21H2,1-4H3. The molecular weight excluding hydrogens is 268 g/mol. The molecule has 2 rings (SSSR count). The van der Waals surface area contributed by atoms with Crippen molar-refractivity contribution in [1.29, 1.82) is 0 Å². The fourth-order valence-corrected chi connectivity index (χ4v) is 3.30. The summed E-state index contributed by atoms with van der Waals surface area (Å²) in [6.07, 6.45) is 5.17. The first-order valence-corrected chi connectivity index (χ1v) is 8.92. The van der Waals surface area contributed by atoms with Crippen molar-refractivity contribution in [3.05, 3.63) is 35.4 Å². The smallest absolute Gasteiger partial charge is 0.0233 e. The maximum atomic E-state index is 5.87. The first-order valence-electron chi connectivity index (χ1n) is 8.92. The first-order chi connectivity index (χ1) is 10.3. The third-order valence-electron chi connectivity index (χ3n) is 4.96. The van der Waals surface area contributed by atoms with E-state index in [9.17, 15) is 0 Å². The SMILES string of the molecule is CC(N)CCC1CCN(Cc2ccc(C(C)(C)C)cc2)CC1. The van der Waals surface area contributed by atoms with Crippen molar-refractivity contribution in [3.63, 3.8) is 0 Å². The molecule has 2 nitrogen and oxygen atoms in total. The van der Waals surface area contributed by atoms with Crippen molar-refractivity contribution in [1.82, 2.24) is 4.90 Å². The molecule has 0 aromatic heterocycles. The van der Waals surface area contributed by atoms with Crippen molar-refractivity contribution in [2.75, 3.05) is 13.1 Å². The lowest BCUT2D eigenvalue weighted by Crippen LogP contribution is -2.33. The average Bonchev–Trinajstić information content (AvgIpc) is 2.46. The Morgan fingerprint density at radius 1 is 1.14 bits per heavy atom. The molecule has 0 radical (unpaired) electrons. The average molecular weight is 303 g/mol. The molecule has 1 unspecified atom stereocenters. The molecule has 2 heteroatoms. The lowest BCUT2D eigenvalue weighted by molar-refractivity contribution is 0.170. The fraction of sp³-hybridized carbons (Fsp3) is 0.700. The molecule has 1 aromatic carbocycles. The maximum Gasteiger partial charge on any atom is 0.0233 e. The molecule has 0 amide bonds. The summed E-state index contributed by atoms with van der Waals surface area (Å²) in [5.41, 5.74) is 8.99. The van der Waals surface area contributed by atoms with Crippen LogP contribution < -0.4 is 5.73 Å². The fourth-order valence-electron chi connectivity index (χ4n) is 3.30. The van der Waals surface area contributed by atoms with Gasteiger partial charge in [0.25, 0.3) is 0 Å². The maximum absolute atomic E-state index is 5.87. The summed E-state index contributed by atoms with van der Waals surface area (Å²) in [5.74, 6) is 0.894. The molecule has 2 N–H and O–H groups in total. The molecule has 22 heavy (non-hydrogen) atoms. The molecule has 1 aliphatic rings. The molecule has 1 fully saturated rings. The number of hydrogen-bond donors (Lipinski definition) is 1. The zero-order valence-electron chi connectivity index (χ0n) is 14.9. The molecule has 1 aliphatic heterocycles. The van der Waals surface area contributed by atoms with Crippen LogP contribution in [0.4, 0.5) is 0 Å². The predicted octanol–water partition coefficient (Wildman–Crippen LogP) is 4.32. The number of likely N-dealkylation sites (tertiary alicyclic amines) is 1. The van der Waals surface area contributed by atoms with Gasteiger partial charge in [-0.05, 0) is 68.2 Å². The van der Waals surface area contributed by atoms with Crippen LogP contribution in [-0.2, 0) is 12.0 Å². The van der Waals surface area contributed by atoms with Crippen molar-refractivity contribution in [2.24, 2.45) is 11.7 Å². The third-order valence-corrected chi connectivity index (χ3v) is 4.96. The normalized spacial score (nSPS) is 19.3. The predicted molar refractivity (Wildman–Crippen MR) is 96.0 cm³/mol. The topological polar surface area (TPSA) is 29.3 Å². The van der Waals surface area contributed by atoms with Crippen LogP contribution in [-0.4, -0.2) is 24.0 Å². The van der Waals surface area contributed by atoms with E-state index in [1.54, 1.807) is 0 Å². The van der Waals surface area contributed by atoms with Gasteiger partial charge in [-0.3, -0.25) is 4.90 Å². The second-order valence-electron chi connectivity index (χ2n) is 8.22. The summed E-state index contributed by atoms with van der Waals surface area (Å²) in [6.45, 7) is 12.5. The summed E-state index contributed by atoms with van der Waals surface area (Å²) in [4.78, 5) is 2.61. The van der Waals surface area contributed by atoms with E-state index >= 15 is 0 Å². The van der Waals surface area contributed by atoms with Gasteiger partial charge in [0.1, 0.15) is 0 Å². The van der Waals surface area contributed by atoms with Gasteiger partial charge in [0.2, 0.25) is 0 Å². The summed E-state index contributed by atoms with van der Waals surface area (Å²) in [6, 6.07) is 9.57. The van der Waals surface area contributed by atoms with E-state index in [1.807, 2.05) is 0 Å². The Labute approximate surface area is 137 Å². The number of benzene rings is 1. The summed E-state index contributed by atoms with van der Waals surface area (Å²) in [5, 5.41) is 0. The van der Waals surface area contributed by atoms with Gasteiger partial charge in [-0.25, -0.2) is 0 Å². The van der Waals surface area contributed by atoms with Crippen LogP contribution >= 0.6 is 0 Å². The Morgan fingerprint density at radius 3 is 2.23 bits per heavy atom. The van der Waals surface area contributed by atoms with Crippen LogP contribution in [0.25, 0.3) is 0 Å². The Hall–Kier alpha value is -0.860. The van der Waals surface area contributed by atoms with E-state index in [2.05, 4.69) is 56.9 Å². The van der Waals surface area contributed by atoms with E-state index in [0.29, 0.717) is 6.04 Å². The van der Waals surface area contributed by atoms with Gasteiger partial charge in [-0.15, -0.1) is 0 Å². The van der Waals surface area contributed by atoms with E-state index in [-0.39, 0.29) is 5.41 Å². The number of nitrogens with zero attached hydrogens (tertiary/aromatic N) is 1. The first kappa shape index (κ1) is 17.5. The number of rotatable bonds is 5. The van der Waals surface area contributed by atoms with Crippen molar-refractivity contribution in [2.45, 2.75) is 71.4 Å². The molecular formula is C20H34N2. The Morgan fingerprint density at radius 2 is 1.73 bits per heavy atom. The highest BCUT2D eigenvalue weighted by atomic mass is 15.1. The van der Waals surface area contributed by atoms with E-state index < -0.39 is 0 Å². The van der Waals surface area contributed by atoms with Crippen LogP contribution in [0.2, 0.25) is 0 Å². The van der Waals surface area contributed by atoms with Gasteiger partial charge in [-0.1, -0.05) is 45.0 Å². The second kappa shape index (κ2) is 7.61. The van der Waals surface area contributed by atoms with Crippen LogP contribution in [0, 0.1) is 5.92 Å². The molecule has 1 aromatic rings. The minimum atomic E-state index is 0.247. The highest BCUT2D eigenvalue weighted by Crippen LogP contribution is 2.25.